The molecule has 2 heterocycles. The maximum atomic E-state index is 12.1. The molecule has 0 spiro atoms. The summed E-state index contributed by atoms with van der Waals surface area (Å²) in [6.07, 6.45) is 0. The Morgan fingerprint density at radius 2 is 2.00 bits per heavy atom. The van der Waals surface area contributed by atoms with Crippen molar-refractivity contribution in [1.29, 1.82) is 0 Å². The second-order valence-electron chi connectivity index (χ2n) is 4.89. The van der Waals surface area contributed by atoms with Crippen LogP contribution >= 0.6 is 0 Å². The van der Waals surface area contributed by atoms with Crippen molar-refractivity contribution in [3.63, 3.8) is 0 Å². The molecule has 2 amide bonds. The lowest BCUT2D eigenvalue weighted by atomic mass is 10.1. The smallest absolute Gasteiger partial charge is 0.284 e. The lowest BCUT2D eigenvalue weighted by molar-refractivity contribution is 0.0973. The highest BCUT2D eigenvalue weighted by molar-refractivity contribution is 6.03. The van der Waals surface area contributed by atoms with E-state index >= 15 is 0 Å². The van der Waals surface area contributed by atoms with Gasteiger partial charge in [-0.25, -0.2) is 0 Å². The number of primary amides is 1. The van der Waals surface area contributed by atoms with Gasteiger partial charge in [0.2, 0.25) is 0 Å². The molecule has 0 saturated carbocycles. The summed E-state index contributed by atoms with van der Waals surface area (Å²) >= 11 is 0. The molecule has 23 heavy (non-hydrogen) atoms. The molecule has 2 aromatic heterocycles. The van der Waals surface area contributed by atoms with E-state index in [1.54, 1.807) is 43.3 Å². The number of hydrogen-bond acceptors (Lipinski definition) is 5. The van der Waals surface area contributed by atoms with Crippen LogP contribution in [-0.4, -0.2) is 17.0 Å². The molecular weight excluding hydrogens is 298 g/mol. The summed E-state index contributed by atoms with van der Waals surface area (Å²) in [5.41, 5.74) is 6.62. The molecule has 0 aliphatic rings. The van der Waals surface area contributed by atoms with Crippen LogP contribution in [0.25, 0.3) is 11.3 Å². The third kappa shape index (κ3) is 3.13. The van der Waals surface area contributed by atoms with Crippen LogP contribution < -0.4 is 11.1 Å². The first kappa shape index (κ1) is 14.6. The van der Waals surface area contributed by atoms with Gasteiger partial charge in [-0.1, -0.05) is 17.3 Å². The summed E-state index contributed by atoms with van der Waals surface area (Å²) in [5.74, 6) is 0.0940. The van der Waals surface area contributed by atoms with Gasteiger partial charge in [0.1, 0.15) is 11.5 Å². The molecule has 0 aliphatic heterocycles. The first-order valence-electron chi connectivity index (χ1n) is 6.77. The van der Waals surface area contributed by atoms with E-state index in [9.17, 15) is 9.59 Å². The Balaban J connectivity index is 1.82. The molecule has 0 saturated heterocycles. The first-order valence-corrected chi connectivity index (χ1v) is 6.77. The first-order chi connectivity index (χ1) is 11.0. The van der Waals surface area contributed by atoms with Crippen LogP contribution in [0.2, 0.25) is 0 Å². The van der Waals surface area contributed by atoms with Gasteiger partial charge in [0.15, 0.2) is 11.5 Å². The van der Waals surface area contributed by atoms with E-state index in [4.69, 9.17) is 14.7 Å². The topological polar surface area (TPSA) is 111 Å². The number of amides is 2. The fourth-order valence-corrected chi connectivity index (χ4v) is 2.04. The standard InChI is InChI=1S/C16H13N3O4/c1-9-7-12(19-23-9)16(21)18-11-4-2-3-10(8-11)13-5-6-14(22-13)15(17)20/h2-8H,1H3,(H2,17,20)(H,18,21). The molecule has 0 bridgehead atoms. The number of hydrogen-bond donors (Lipinski definition) is 2. The summed E-state index contributed by atoms with van der Waals surface area (Å²) in [5, 5.41) is 6.37. The summed E-state index contributed by atoms with van der Waals surface area (Å²) in [7, 11) is 0. The Kier molecular flexibility index (Phi) is 3.68. The lowest BCUT2D eigenvalue weighted by Gasteiger charge is -2.04. The third-order valence-corrected chi connectivity index (χ3v) is 3.11. The van der Waals surface area contributed by atoms with Crippen LogP contribution in [0.15, 0.2) is 51.4 Å². The molecule has 0 atom stereocenters. The third-order valence-electron chi connectivity index (χ3n) is 3.11. The van der Waals surface area contributed by atoms with Crippen LogP contribution in [-0.2, 0) is 0 Å². The lowest BCUT2D eigenvalue weighted by Crippen LogP contribution is -2.12. The quantitative estimate of drug-likeness (QED) is 0.769. The zero-order chi connectivity index (χ0) is 16.4. The Hall–Kier alpha value is -3.35. The van der Waals surface area contributed by atoms with Crippen LogP contribution in [0.1, 0.15) is 26.8 Å². The van der Waals surface area contributed by atoms with Gasteiger partial charge >= 0.3 is 0 Å². The molecule has 3 N–H and O–H groups in total. The molecule has 0 aliphatic carbocycles. The molecule has 7 nitrogen and oxygen atoms in total. The fraction of sp³-hybridized carbons (Fsp3) is 0.0625. The number of nitrogens with two attached hydrogens (primary N) is 1. The van der Waals surface area contributed by atoms with E-state index in [1.165, 1.54) is 6.07 Å². The Labute approximate surface area is 131 Å². The number of nitrogens with zero attached hydrogens (tertiary/aromatic N) is 1. The van der Waals surface area contributed by atoms with Crippen LogP contribution in [0, 0.1) is 6.92 Å². The number of carbonyl (C=O) groups excluding carboxylic acids is 2. The second kappa shape index (κ2) is 5.80. The number of aromatic nitrogens is 1. The Bertz CT molecular complexity index is 879. The number of carbonyl (C=O) groups is 2. The second-order valence-corrected chi connectivity index (χ2v) is 4.89. The van der Waals surface area contributed by atoms with E-state index < -0.39 is 5.91 Å². The summed E-state index contributed by atoms with van der Waals surface area (Å²) < 4.78 is 10.2. The zero-order valence-electron chi connectivity index (χ0n) is 12.2. The maximum absolute atomic E-state index is 12.1. The van der Waals surface area contributed by atoms with Gasteiger partial charge in [-0.05, 0) is 31.2 Å². The minimum atomic E-state index is -0.637. The van der Waals surface area contributed by atoms with Crippen molar-refractivity contribution in [2.24, 2.45) is 5.73 Å². The van der Waals surface area contributed by atoms with Crippen LogP contribution in [0.4, 0.5) is 5.69 Å². The van der Waals surface area contributed by atoms with Crippen molar-refractivity contribution >= 4 is 17.5 Å². The van der Waals surface area contributed by atoms with E-state index in [1.807, 2.05) is 0 Å². The molecule has 0 radical (unpaired) electrons. The normalized spacial score (nSPS) is 10.5. The Morgan fingerprint density at radius 3 is 2.65 bits per heavy atom. The van der Waals surface area contributed by atoms with Gasteiger partial charge in [-0.15, -0.1) is 0 Å². The highest BCUT2D eigenvalue weighted by Gasteiger charge is 2.13. The maximum Gasteiger partial charge on any atom is 0.284 e. The molecule has 116 valence electrons. The molecular formula is C16H13N3O4. The molecule has 0 unspecified atom stereocenters. The molecule has 7 heteroatoms. The van der Waals surface area contributed by atoms with Crippen molar-refractivity contribution in [2.75, 3.05) is 5.32 Å². The van der Waals surface area contributed by atoms with E-state index in [2.05, 4.69) is 10.5 Å². The number of aryl methyl sites for hydroxylation is 1. The minimum Gasteiger partial charge on any atom is -0.451 e. The predicted octanol–water partition coefficient (Wildman–Crippen LogP) is 2.59. The number of benzene rings is 1. The SMILES string of the molecule is Cc1cc(C(=O)Nc2cccc(-c3ccc(C(N)=O)o3)c2)no1. The van der Waals surface area contributed by atoms with Crippen molar-refractivity contribution in [1.82, 2.24) is 5.16 Å². The van der Waals surface area contributed by atoms with E-state index in [0.29, 0.717) is 22.8 Å². The monoisotopic (exact) mass is 311 g/mol. The molecule has 0 fully saturated rings. The number of rotatable bonds is 4. The van der Waals surface area contributed by atoms with E-state index in [-0.39, 0.29) is 17.4 Å². The highest BCUT2D eigenvalue weighted by Crippen LogP contribution is 2.25. The van der Waals surface area contributed by atoms with Gasteiger partial charge < -0.3 is 20.0 Å². The molecule has 1 aromatic carbocycles. The molecule has 3 aromatic rings. The van der Waals surface area contributed by atoms with Crippen molar-refractivity contribution in [3.8, 4) is 11.3 Å². The van der Waals surface area contributed by atoms with Crippen molar-refractivity contribution in [3.05, 3.63) is 59.7 Å². The van der Waals surface area contributed by atoms with Gasteiger partial charge in [0.25, 0.3) is 11.8 Å². The average Bonchev–Trinajstić information content (AvgIpc) is 3.16. The largest absolute Gasteiger partial charge is 0.451 e. The van der Waals surface area contributed by atoms with Crippen LogP contribution in [0.3, 0.4) is 0 Å². The van der Waals surface area contributed by atoms with Crippen LogP contribution in [0.5, 0.6) is 0 Å². The van der Waals surface area contributed by atoms with E-state index in [0.717, 1.165) is 0 Å². The van der Waals surface area contributed by atoms with Crippen molar-refractivity contribution in [2.45, 2.75) is 6.92 Å². The minimum absolute atomic E-state index is 0.0764. The van der Waals surface area contributed by atoms with Crippen molar-refractivity contribution < 1.29 is 18.5 Å². The fourth-order valence-electron chi connectivity index (χ4n) is 2.04. The Morgan fingerprint density at radius 1 is 1.17 bits per heavy atom. The summed E-state index contributed by atoms with van der Waals surface area (Å²) in [6, 6.07) is 11.7. The predicted molar refractivity (Wildman–Crippen MR) is 81.9 cm³/mol. The van der Waals surface area contributed by atoms with Gasteiger partial charge in [0, 0.05) is 17.3 Å². The van der Waals surface area contributed by atoms with Gasteiger partial charge in [-0.2, -0.15) is 0 Å². The van der Waals surface area contributed by atoms with Gasteiger partial charge in [0.05, 0.1) is 0 Å². The number of furan rings is 1. The summed E-state index contributed by atoms with van der Waals surface area (Å²) in [4.78, 5) is 23.1. The average molecular weight is 311 g/mol. The zero-order valence-corrected chi connectivity index (χ0v) is 12.2. The highest BCUT2D eigenvalue weighted by atomic mass is 16.5. The number of anilines is 1. The number of nitrogens with one attached hydrogen (secondary N) is 1. The molecule has 3 rings (SSSR count). The summed E-state index contributed by atoms with van der Waals surface area (Å²) in [6.45, 7) is 1.71. The van der Waals surface area contributed by atoms with Gasteiger partial charge in [-0.3, -0.25) is 9.59 Å².